The number of aryl methyl sites for hydroxylation is 1. The van der Waals surface area contributed by atoms with Gasteiger partial charge in [-0.15, -0.1) is 11.3 Å². The predicted octanol–water partition coefficient (Wildman–Crippen LogP) is 4.70. The van der Waals surface area contributed by atoms with Crippen LogP contribution in [-0.4, -0.2) is 33.4 Å². The molecule has 0 spiro atoms. The number of nitrogens with zero attached hydrogens (tertiary/aromatic N) is 2. The van der Waals surface area contributed by atoms with E-state index in [0.29, 0.717) is 17.2 Å². The van der Waals surface area contributed by atoms with Crippen molar-refractivity contribution < 1.29 is 9.47 Å². The summed E-state index contributed by atoms with van der Waals surface area (Å²) in [5, 5.41) is 1.67. The monoisotopic (exact) mass is 362 g/mol. The van der Waals surface area contributed by atoms with Gasteiger partial charge in [0.1, 0.15) is 5.75 Å². The first-order valence-corrected chi connectivity index (χ1v) is 8.98. The largest absolute Gasteiger partial charge is 0.495 e. The van der Waals surface area contributed by atoms with Crippen molar-refractivity contribution in [2.75, 3.05) is 38.3 Å². The molecule has 1 aromatic heterocycles. The quantitative estimate of drug-likeness (QED) is 0.737. The van der Waals surface area contributed by atoms with Gasteiger partial charge < -0.3 is 14.4 Å². The fraction of sp³-hybridized carbons (Fsp3) is 0.389. The van der Waals surface area contributed by atoms with Crippen molar-refractivity contribution in [3.63, 3.8) is 0 Å². The summed E-state index contributed by atoms with van der Waals surface area (Å²) in [5.41, 5.74) is 2.95. The van der Waals surface area contributed by atoms with E-state index in [-0.39, 0.29) is 0 Å². The number of halogens is 1. The molecule has 2 heterocycles. The number of hydrogen-bond donors (Lipinski definition) is 0. The van der Waals surface area contributed by atoms with Crippen molar-refractivity contribution in [2.24, 2.45) is 0 Å². The van der Waals surface area contributed by atoms with Gasteiger partial charge in [-0.2, -0.15) is 0 Å². The molecule has 0 atom stereocenters. The average Bonchev–Trinajstić information content (AvgIpc) is 2.92. The van der Waals surface area contributed by atoms with Crippen molar-refractivity contribution in [1.29, 1.82) is 0 Å². The number of thiophene rings is 1. The lowest BCUT2D eigenvalue weighted by Crippen LogP contribution is -2.35. The Labute approximate surface area is 151 Å². The van der Waals surface area contributed by atoms with Gasteiger partial charge in [0, 0.05) is 13.1 Å². The molecule has 24 heavy (non-hydrogen) atoms. The SMILES string of the molecule is [C-]#[N+]c1c(N2CCOCC2)sc(C)c1Cc1ccc(OC)c(Cl)c1. The number of rotatable bonds is 4. The predicted molar refractivity (Wildman–Crippen MR) is 99.2 cm³/mol. The van der Waals surface area contributed by atoms with Gasteiger partial charge in [0.25, 0.3) is 0 Å². The number of methoxy groups -OCH3 is 1. The van der Waals surface area contributed by atoms with Crippen LogP contribution in [0.25, 0.3) is 4.85 Å². The summed E-state index contributed by atoms with van der Waals surface area (Å²) >= 11 is 7.93. The highest BCUT2D eigenvalue weighted by Gasteiger charge is 2.22. The minimum absolute atomic E-state index is 0.598. The molecule has 0 amide bonds. The Hall–Kier alpha value is -1.74. The molecule has 1 aliphatic heterocycles. The zero-order chi connectivity index (χ0) is 17.1. The zero-order valence-corrected chi connectivity index (χ0v) is 15.3. The molecule has 1 aromatic carbocycles. The summed E-state index contributed by atoms with van der Waals surface area (Å²) < 4.78 is 10.6. The molecule has 0 radical (unpaired) electrons. The topological polar surface area (TPSA) is 26.1 Å². The Morgan fingerprint density at radius 1 is 1.38 bits per heavy atom. The molecule has 2 aromatic rings. The van der Waals surface area contributed by atoms with Crippen LogP contribution < -0.4 is 9.64 Å². The van der Waals surface area contributed by atoms with Crippen LogP contribution >= 0.6 is 22.9 Å². The maximum absolute atomic E-state index is 7.66. The summed E-state index contributed by atoms with van der Waals surface area (Å²) in [6.45, 7) is 12.9. The molecule has 0 saturated carbocycles. The van der Waals surface area contributed by atoms with E-state index in [2.05, 4.69) is 16.7 Å². The molecule has 0 N–H and O–H groups in total. The zero-order valence-electron chi connectivity index (χ0n) is 13.8. The molecule has 1 fully saturated rings. The van der Waals surface area contributed by atoms with Crippen LogP contribution in [0.4, 0.5) is 10.7 Å². The van der Waals surface area contributed by atoms with Gasteiger partial charge in [0.15, 0.2) is 0 Å². The van der Waals surface area contributed by atoms with Crippen molar-refractivity contribution in [1.82, 2.24) is 0 Å². The molecule has 1 aliphatic rings. The number of anilines is 1. The third kappa shape index (κ3) is 3.36. The summed E-state index contributed by atoms with van der Waals surface area (Å²) in [6, 6.07) is 5.79. The van der Waals surface area contributed by atoms with Crippen molar-refractivity contribution >= 4 is 33.6 Å². The summed E-state index contributed by atoms with van der Waals surface area (Å²) in [5.74, 6) is 0.668. The maximum atomic E-state index is 7.66. The van der Waals surface area contributed by atoms with Gasteiger partial charge in [0.2, 0.25) is 5.69 Å². The van der Waals surface area contributed by atoms with Crippen LogP contribution in [-0.2, 0) is 11.2 Å². The first-order chi connectivity index (χ1) is 11.6. The van der Waals surface area contributed by atoms with E-state index in [1.54, 1.807) is 18.4 Å². The molecule has 0 aliphatic carbocycles. The second-order valence-electron chi connectivity index (χ2n) is 5.65. The number of ether oxygens (including phenoxy) is 2. The van der Waals surface area contributed by atoms with E-state index in [1.165, 1.54) is 4.88 Å². The fourth-order valence-electron chi connectivity index (χ4n) is 2.88. The fourth-order valence-corrected chi connectivity index (χ4v) is 4.32. The second kappa shape index (κ2) is 7.43. The number of morpholine rings is 1. The van der Waals surface area contributed by atoms with E-state index in [4.69, 9.17) is 27.6 Å². The van der Waals surface area contributed by atoms with Crippen molar-refractivity contribution in [3.8, 4) is 5.75 Å². The third-order valence-corrected chi connectivity index (χ3v) is 5.66. The van der Waals surface area contributed by atoms with Crippen LogP contribution in [0.3, 0.4) is 0 Å². The van der Waals surface area contributed by atoms with Gasteiger partial charge in [-0.25, -0.2) is 4.85 Å². The Bertz CT molecular complexity index is 776. The summed E-state index contributed by atoms with van der Waals surface area (Å²) in [6.07, 6.45) is 0.702. The molecule has 126 valence electrons. The van der Waals surface area contributed by atoms with Crippen molar-refractivity contribution in [3.05, 3.63) is 50.6 Å². The lowest BCUT2D eigenvalue weighted by atomic mass is 10.0. The van der Waals surface area contributed by atoms with Gasteiger partial charge in [-0.3, -0.25) is 0 Å². The van der Waals surface area contributed by atoms with Gasteiger partial charge in [0.05, 0.1) is 36.9 Å². The second-order valence-corrected chi connectivity index (χ2v) is 7.26. The van der Waals surface area contributed by atoms with E-state index in [1.807, 2.05) is 18.2 Å². The van der Waals surface area contributed by atoms with E-state index in [9.17, 15) is 0 Å². The van der Waals surface area contributed by atoms with Gasteiger partial charge in [-0.05, 0) is 41.5 Å². The smallest absolute Gasteiger partial charge is 0.224 e. The van der Waals surface area contributed by atoms with Gasteiger partial charge in [-0.1, -0.05) is 17.7 Å². The minimum atomic E-state index is 0.598. The highest BCUT2D eigenvalue weighted by molar-refractivity contribution is 7.17. The maximum Gasteiger partial charge on any atom is 0.224 e. The van der Waals surface area contributed by atoms with Gasteiger partial charge >= 0.3 is 0 Å². The van der Waals surface area contributed by atoms with E-state index in [0.717, 1.165) is 48.1 Å². The van der Waals surface area contributed by atoms with E-state index >= 15 is 0 Å². The normalized spacial score (nSPS) is 14.5. The minimum Gasteiger partial charge on any atom is -0.495 e. The molecule has 0 bridgehead atoms. The molecule has 4 nitrogen and oxygen atoms in total. The Kier molecular flexibility index (Phi) is 5.30. The Morgan fingerprint density at radius 2 is 2.12 bits per heavy atom. The highest BCUT2D eigenvalue weighted by Crippen LogP contribution is 2.44. The molecular weight excluding hydrogens is 344 g/mol. The summed E-state index contributed by atoms with van der Waals surface area (Å²) in [4.78, 5) is 7.29. The highest BCUT2D eigenvalue weighted by atomic mass is 35.5. The van der Waals surface area contributed by atoms with Crippen molar-refractivity contribution in [2.45, 2.75) is 13.3 Å². The molecule has 3 rings (SSSR count). The molecule has 0 unspecified atom stereocenters. The molecule has 1 saturated heterocycles. The Balaban J connectivity index is 1.92. The van der Waals surface area contributed by atoms with Crippen LogP contribution in [0.2, 0.25) is 5.02 Å². The average molecular weight is 363 g/mol. The first-order valence-electron chi connectivity index (χ1n) is 7.79. The lowest BCUT2D eigenvalue weighted by molar-refractivity contribution is 0.123. The molecule has 6 heteroatoms. The third-order valence-electron chi connectivity index (χ3n) is 4.17. The first kappa shape index (κ1) is 17.1. The van der Waals surface area contributed by atoms with Crippen LogP contribution in [0.5, 0.6) is 5.75 Å². The van der Waals surface area contributed by atoms with Crippen LogP contribution in [0, 0.1) is 13.5 Å². The van der Waals surface area contributed by atoms with E-state index < -0.39 is 0 Å². The lowest BCUT2D eigenvalue weighted by Gasteiger charge is -2.28. The number of hydrogen-bond acceptors (Lipinski definition) is 4. The molecular formula is C18H19ClN2O2S. The van der Waals surface area contributed by atoms with Crippen LogP contribution in [0.1, 0.15) is 16.0 Å². The standard InChI is InChI=1S/C18H19ClN2O2S/c1-12-14(10-13-4-5-16(22-3)15(19)11-13)17(20-2)18(24-12)21-6-8-23-9-7-21/h4-5,11H,6-10H2,1,3H3. The van der Waals surface area contributed by atoms with Crippen LogP contribution in [0.15, 0.2) is 18.2 Å². The summed E-state index contributed by atoms with van der Waals surface area (Å²) in [7, 11) is 1.61. The number of benzene rings is 1. The Morgan fingerprint density at radius 3 is 2.75 bits per heavy atom.